The van der Waals surface area contributed by atoms with Gasteiger partial charge in [0.05, 0.1) is 12.2 Å². The SMILES string of the molecule is Nc1cn(Cc2ccc(Cl)cc2Cl)nc1C(=O)O. The number of carboxylic acids is 1. The Kier molecular flexibility index (Phi) is 3.45. The molecule has 1 aromatic carbocycles. The summed E-state index contributed by atoms with van der Waals surface area (Å²) in [4.78, 5) is 10.8. The van der Waals surface area contributed by atoms with Crippen LogP contribution < -0.4 is 5.73 Å². The van der Waals surface area contributed by atoms with Crippen LogP contribution in [-0.2, 0) is 6.54 Å². The number of aromatic carboxylic acids is 1. The Hall–Kier alpha value is -1.72. The van der Waals surface area contributed by atoms with E-state index in [0.717, 1.165) is 5.56 Å². The highest BCUT2D eigenvalue weighted by molar-refractivity contribution is 6.35. The number of carbonyl (C=O) groups is 1. The Morgan fingerprint density at radius 3 is 2.72 bits per heavy atom. The molecular formula is C11H9Cl2N3O2. The normalized spacial score (nSPS) is 10.6. The van der Waals surface area contributed by atoms with E-state index in [1.165, 1.54) is 10.9 Å². The molecule has 7 heteroatoms. The van der Waals surface area contributed by atoms with E-state index >= 15 is 0 Å². The van der Waals surface area contributed by atoms with E-state index in [4.69, 9.17) is 34.0 Å². The average molecular weight is 286 g/mol. The number of hydrogen-bond donors (Lipinski definition) is 2. The Morgan fingerprint density at radius 1 is 1.44 bits per heavy atom. The van der Waals surface area contributed by atoms with E-state index in [2.05, 4.69) is 5.10 Å². The van der Waals surface area contributed by atoms with Crippen LogP contribution in [0.5, 0.6) is 0 Å². The molecule has 0 saturated heterocycles. The number of aromatic nitrogens is 2. The van der Waals surface area contributed by atoms with Crippen molar-refractivity contribution in [1.82, 2.24) is 9.78 Å². The van der Waals surface area contributed by atoms with Crippen LogP contribution in [0.15, 0.2) is 24.4 Å². The highest BCUT2D eigenvalue weighted by Gasteiger charge is 2.13. The van der Waals surface area contributed by atoms with Gasteiger partial charge in [-0.2, -0.15) is 5.10 Å². The van der Waals surface area contributed by atoms with Gasteiger partial charge in [-0.25, -0.2) is 4.79 Å². The van der Waals surface area contributed by atoms with Crippen LogP contribution in [0.3, 0.4) is 0 Å². The van der Waals surface area contributed by atoms with Crippen molar-refractivity contribution in [3.8, 4) is 0 Å². The van der Waals surface area contributed by atoms with Gasteiger partial charge in [-0.15, -0.1) is 0 Å². The molecule has 0 aliphatic carbocycles. The van der Waals surface area contributed by atoms with E-state index in [9.17, 15) is 4.79 Å². The molecule has 2 aromatic rings. The van der Waals surface area contributed by atoms with Crippen LogP contribution in [0.1, 0.15) is 16.1 Å². The van der Waals surface area contributed by atoms with Gasteiger partial charge in [-0.1, -0.05) is 29.3 Å². The number of carboxylic acid groups (broad SMARTS) is 1. The summed E-state index contributed by atoms with van der Waals surface area (Å²) in [6.07, 6.45) is 1.45. The molecule has 18 heavy (non-hydrogen) atoms. The van der Waals surface area contributed by atoms with Gasteiger partial charge in [0, 0.05) is 16.2 Å². The summed E-state index contributed by atoms with van der Waals surface area (Å²) in [7, 11) is 0. The summed E-state index contributed by atoms with van der Waals surface area (Å²) in [6, 6.07) is 5.07. The quantitative estimate of drug-likeness (QED) is 0.908. The van der Waals surface area contributed by atoms with Crippen LogP contribution in [0.4, 0.5) is 5.69 Å². The molecular weight excluding hydrogens is 277 g/mol. The zero-order valence-corrected chi connectivity index (χ0v) is 10.6. The van der Waals surface area contributed by atoms with Crippen molar-refractivity contribution in [2.75, 3.05) is 5.73 Å². The average Bonchev–Trinajstić information content (AvgIpc) is 2.64. The smallest absolute Gasteiger partial charge is 0.358 e. The van der Waals surface area contributed by atoms with E-state index in [-0.39, 0.29) is 11.4 Å². The third-order valence-electron chi connectivity index (χ3n) is 2.34. The Bertz CT molecular complexity index is 610. The summed E-state index contributed by atoms with van der Waals surface area (Å²) in [6.45, 7) is 0.327. The molecule has 3 N–H and O–H groups in total. The van der Waals surface area contributed by atoms with Crippen LogP contribution in [0, 0.1) is 0 Å². The lowest BCUT2D eigenvalue weighted by atomic mass is 10.2. The molecule has 0 radical (unpaired) electrons. The van der Waals surface area contributed by atoms with Gasteiger partial charge in [0.1, 0.15) is 0 Å². The topological polar surface area (TPSA) is 81.1 Å². The second-order valence-electron chi connectivity index (χ2n) is 3.67. The summed E-state index contributed by atoms with van der Waals surface area (Å²) >= 11 is 11.8. The molecule has 2 rings (SSSR count). The molecule has 0 spiro atoms. The van der Waals surface area contributed by atoms with Crippen molar-refractivity contribution in [1.29, 1.82) is 0 Å². The predicted octanol–water partition coefficient (Wildman–Crippen LogP) is 2.52. The van der Waals surface area contributed by atoms with Gasteiger partial charge >= 0.3 is 5.97 Å². The lowest BCUT2D eigenvalue weighted by Gasteiger charge is -2.04. The zero-order valence-electron chi connectivity index (χ0n) is 9.10. The maximum absolute atomic E-state index is 10.8. The van der Waals surface area contributed by atoms with Gasteiger partial charge in [0.15, 0.2) is 5.69 Å². The number of nitrogens with two attached hydrogens (primary N) is 1. The van der Waals surface area contributed by atoms with Crippen molar-refractivity contribution in [3.05, 3.63) is 45.7 Å². The molecule has 1 heterocycles. The Morgan fingerprint density at radius 2 is 2.17 bits per heavy atom. The second-order valence-corrected chi connectivity index (χ2v) is 4.52. The van der Waals surface area contributed by atoms with Crippen molar-refractivity contribution < 1.29 is 9.90 Å². The maximum atomic E-state index is 10.8. The van der Waals surface area contributed by atoms with Crippen LogP contribution >= 0.6 is 23.2 Å². The number of nitrogens with zero attached hydrogens (tertiary/aromatic N) is 2. The number of halogens is 2. The third-order valence-corrected chi connectivity index (χ3v) is 2.93. The van der Waals surface area contributed by atoms with Crippen molar-refractivity contribution in [3.63, 3.8) is 0 Å². The molecule has 94 valence electrons. The number of nitrogen functional groups attached to an aromatic ring is 1. The first-order valence-electron chi connectivity index (χ1n) is 4.97. The number of hydrogen-bond acceptors (Lipinski definition) is 3. The predicted molar refractivity (Wildman–Crippen MR) is 69.2 cm³/mol. The van der Waals surface area contributed by atoms with Gasteiger partial charge < -0.3 is 10.8 Å². The minimum absolute atomic E-state index is 0.118. The van der Waals surface area contributed by atoms with Crippen LogP contribution in [0.25, 0.3) is 0 Å². The highest BCUT2D eigenvalue weighted by atomic mass is 35.5. The standard InChI is InChI=1S/C11H9Cl2N3O2/c12-7-2-1-6(8(13)3-7)4-16-5-9(14)10(15-16)11(17)18/h1-3,5H,4,14H2,(H,17,18). The maximum Gasteiger partial charge on any atom is 0.358 e. The molecule has 5 nitrogen and oxygen atoms in total. The molecule has 0 aliphatic rings. The van der Waals surface area contributed by atoms with Gasteiger partial charge in [-0.3, -0.25) is 4.68 Å². The Balaban J connectivity index is 2.29. The largest absolute Gasteiger partial charge is 0.476 e. The lowest BCUT2D eigenvalue weighted by molar-refractivity contribution is 0.0690. The summed E-state index contributed by atoms with van der Waals surface area (Å²) < 4.78 is 1.42. The van der Waals surface area contributed by atoms with Crippen molar-refractivity contribution >= 4 is 34.9 Å². The van der Waals surface area contributed by atoms with Crippen molar-refractivity contribution in [2.24, 2.45) is 0 Å². The molecule has 0 atom stereocenters. The number of benzene rings is 1. The summed E-state index contributed by atoms with van der Waals surface area (Å²) in [5, 5.41) is 13.7. The number of anilines is 1. The first kappa shape index (κ1) is 12.7. The summed E-state index contributed by atoms with van der Waals surface area (Å²) in [5.41, 5.74) is 6.27. The van der Waals surface area contributed by atoms with Crippen LogP contribution in [0.2, 0.25) is 10.0 Å². The molecule has 0 unspecified atom stereocenters. The molecule has 0 amide bonds. The van der Waals surface area contributed by atoms with Gasteiger partial charge in [-0.05, 0) is 17.7 Å². The fourth-order valence-electron chi connectivity index (χ4n) is 1.51. The van der Waals surface area contributed by atoms with Crippen LogP contribution in [-0.4, -0.2) is 20.9 Å². The van der Waals surface area contributed by atoms with E-state index in [1.54, 1.807) is 18.2 Å². The van der Waals surface area contributed by atoms with Gasteiger partial charge in [0.25, 0.3) is 0 Å². The minimum Gasteiger partial charge on any atom is -0.476 e. The molecule has 1 aromatic heterocycles. The molecule has 0 saturated carbocycles. The van der Waals surface area contributed by atoms with Gasteiger partial charge in [0.2, 0.25) is 0 Å². The lowest BCUT2D eigenvalue weighted by Crippen LogP contribution is -2.04. The zero-order chi connectivity index (χ0) is 13.3. The first-order valence-corrected chi connectivity index (χ1v) is 5.73. The summed E-state index contributed by atoms with van der Waals surface area (Å²) in [5.74, 6) is -1.16. The molecule has 0 fully saturated rings. The monoisotopic (exact) mass is 285 g/mol. The molecule has 0 aliphatic heterocycles. The third kappa shape index (κ3) is 2.57. The highest BCUT2D eigenvalue weighted by Crippen LogP contribution is 2.22. The second kappa shape index (κ2) is 4.88. The fraction of sp³-hybridized carbons (Fsp3) is 0.0909. The van der Waals surface area contributed by atoms with E-state index in [0.29, 0.717) is 16.6 Å². The van der Waals surface area contributed by atoms with E-state index < -0.39 is 5.97 Å². The number of rotatable bonds is 3. The van der Waals surface area contributed by atoms with E-state index in [1.807, 2.05) is 0 Å². The molecule has 0 bridgehead atoms. The van der Waals surface area contributed by atoms with Crippen molar-refractivity contribution in [2.45, 2.75) is 6.54 Å². The Labute approximate surface area is 113 Å². The first-order chi connectivity index (χ1) is 8.47. The minimum atomic E-state index is -1.16. The fourth-order valence-corrected chi connectivity index (χ4v) is 1.98.